The van der Waals surface area contributed by atoms with E-state index < -0.39 is 20.0 Å². The quantitative estimate of drug-likeness (QED) is 0.0250. The number of carbonyl (C=O) groups excluding carboxylic acids is 1. The molecule has 9 heteroatoms. The Labute approximate surface area is 343 Å². The van der Waals surface area contributed by atoms with E-state index in [4.69, 9.17) is 9.05 Å². The fourth-order valence-electron chi connectivity index (χ4n) is 5.46. The van der Waals surface area contributed by atoms with Crippen LogP contribution in [0.2, 0.25) is 0 Å². The van der Waals surface area contributed by atoms with Gasteiger partial charge in [0.2, 0.25) is 5.91 Å². The molecule has 8 nitrogen and oxygen atoms in total. The molecule has 1 amide bonds. The van der Waals surface area contributed by atoms with Gasteiger partial charge in [-0.05, 0) is 84.0 Å². The molecule has 0 saturated carbocycles. The molecule has 0 aromatic heterocycles. The third-order valence-corrected chi connectivity index (χ3v) is 9.84. The number of allylic oxidation sites excluding steroid dienone is 15. The summed E-state index contributed by atoms with van der Waals surface area (Å²) < 4.78 is 23.4. The Bertz CT molecular complexity index is 1230. The summed E-state index contributed by atoms with van der Waals surface area (Å²) in [5, 5.41) is 13.7. The molecule has 0 bridgehead atoms. The van der Waals surface area contributed by atoms with E-state index in [1.54, 1.807) is 6.08 Å². The van der Waals surface area contributed by atoms with Gasteiger partial charge >= 0.3 is 7.82 Å². The SMILES string of the molecule is C/C=C/CC/C=C/CC/C=C/C(O)C(COP(=O)(O)OCC[N+](C)(C)C)NC(=O)CCCCCCCCCCC/C=C\C/C=C\C/C=C\C/C=C\C/C=C\CC. The fourth-order valence-corrected chi connectivity index (χ4v) is 6.19. The number of carbonyl (C=O) groups is 1. The zero-order valence-electron chi connectivity index (χ0n) is 36.1. The van der Waals surface area contributed by atoms with E-state index in [2.05, 4.69) is 91.2 Å². The van der Waals surface area contributed by atoms with Crippen molar-refractivity contribution in [1.29, 1.82) is 0 Å². The highest BCUT2D eigenvalue weighted by Gasteiger charge is 2.27. The number of phosphoric ester groups is 1. The standard InChI is InChI=1S/C47H81N2O6P/c1-6-8-10-12-14-16-17-18-19-20-21-22-23-24-25-26-27-28-29-30-31-33-35-37-39-41-47(51)48-45(44-55-56(52,53)54-43-42-49(3,4)5)46(50)40-38-36-34-32-15-13-11-9-7-2/h7-10,14-16,18-19,21-22,24-25,32,38,40,45-46,50H,6,11-13,17,20,23,26-31,33-37,39,41-44H2,1-5H3,(H-,48,51,52,53)/p+1/b9-7+,10-8-,16-14-,19-18-,22-21-,25-24-,32-15+,40-38+. The van der Waals surface area contributed by atoms with Gasteiger partial charge in [0.15, 0.2) is 0 Å². The van der Waals surface area contributed by atoms with E-state index in [1.165, 1.54) is 38.5 Å². The maximum atomic E-state index is 12.8. The molecule has 3 N–H and O–H groups in total. The Balaban J connectivity index is 4.29. The number of quaternary nitrogens is 1. The largest absolute Gasteiger partial charge is 0.472 e. The van der Waals surface area contributed by atoms with Crippen molar-refractivity contribution in [2.45, 2.75) is 154 Å². The minimum absolute atomic E-state index is 0.0464. The summed E-state index contributed by atoms with van der Waals surface area (Å²) in [5.74, 6) is -0.207. The van der Waals surface area contributed by atoms with Crippen molar-refractivity contribution < 1.29 is 32.9 Å². The second-order valence-corrected chi connectivity index (χ2v) is 16.8. The number of aliphatic hydroxyl groups is 1. The van der Waals surface area contributed by atoms with Crippen molar-refractivity contribution >= 4 is 13.7 Å². The van der Waals surface area contributed by atoms with Gasteiger partial charge in [0, 0.05) is 6.42 Å². The van der Waals surface area contributed by atoms with Crippen molar-refractivity contribution in [3.63, 3.8) is 0 Å². The minimum atomic E-state index is -4.35. The van der Waals surface area contributed by atoms with Gasteiger partial charge in [-0.2, -0.15) is 0 Å². The van der Waals surface area contributed by atoms with Crippen LogP contribution in [-0.2, 0) is 18.4 Å². The zero-order valence-corrected chi connectivity index (χ0v) is 37.0. The van der Waals surface area contributed by atoms with Gasteiger partial charge < -0.3 is 19.8 Å². The van der Waals surface area contributed by atoms with E-state index in [9.17, 15) is 19.4 Å². The van der Waals surface area contributed by atoms with E-state index in [0.29, 0.717) is 17.4 Å². The topological polar surface area (TPSA) is 105 Å². The molecule has 0 aliphatic rings. The van der Waals surface area contributed by atoms with E-state index in [-0.39, 0.29) is 19.1 Å². The molecule has 3 atom stereocenters. The Morgan fingerprint density at radius 1 is 0.643 bits per heavy atom. The summed E-state index contributed by atoms with van der Waals surface area (Å²) in [6.45, 7) is 4.40. The van der Waals surface area contributed by atoms with Crippen LogP contribution < -0.4 is 5.32 Å². The Hall–Kier alpha value is -2.58. The average Bonchev–Trinajstić information content (AvgIpc) is 3.15. The van der Waals surface area contributed by atoms with Gasteiger partial charge in [-0.3, -0.25) is 13.8 Å². The predicted octanol–water partition coefficient (Wildman–Crippen LogP) is 12.0. The van der Waals surface area contributed by atoms with Crippen LogP contribution in [0.4, 0.5) is 0 Å². The number of nitrogens with one attached hydrogen (secondary N) is 1. The molecular weight excluding hydrogens is 719 g/mol. The average molecular weight is 802 g/mol. The van der Waals surface area contributed by atoms with Gasteiger partial charge in [-0.15, -0.1) is 0 Å². The molecule has 0 radical (unpaired) electrons. The van der Waals surface area contributed by atoms with Crippen LogP contribution in [0.3, 0.4) is 0 Å². The van der Waals surface area contributed by atoms with Crippen LogP contribution in [0.1, 0.15) is 142 Å². The maximum Gasteiger partial charge on any atom is 0.472 e. The predicted molar refractivity (Wildman–Crippen MR) is 239 cm³/mol. The fraction of sp³-hybridized carbons (Fsp3) is 0.638. The first-order valence-electron chi connectivity index (χ1n) is 21.6. The number of unbranched alkanes of at least 4 members (excludes halogenated alkanes) is 11. The summed E-state index contributed by atoms with van der Waals surface area (Å²) in [6.07, 6.45) is 53.7. The van der Waals surface area contributed by atoms with Crippen molar-refractivity contribution in [2.24, 2.45) is 0 Å². The molecule has 320 valence electrons. The monoisotopic (exact) mass is 802 g/mol. The molecule has 3 unspecified atom stereocenters. The number of amides is 1. The van der Waals surface area contributed by atoms with Crippen LogP contribution in [0.5, 0.6) is 0 Å². The lowest BCUT2D eigenvalue weighted by molar-refractivity contribution is -0.870. The first-order valence-corrected chi connectivity index (χ1v) is 23.1. The number of likely N-dealkylation sites (N-methyl/N-ethyl adjacent to an activating group) is 1. The number of phosphoric acid groups is 1. The van der Waals surface area contributed by atoms with Gasteiger partial charge in [-0.1, -0.05) is 149 Å². The molecule has 0 aromatic carbocycles. The normalized spacial score (nSPS) is 15.3. The van der Waals surface area contributed by atoms with E-state index in [0.717, 1.165) is 83.5 Å². The Kier molecular flexibility index (Phi) is 36.2. The molecule has 0 aromatic rings. The summed E-state index contributed by atoms with van der Waals surface area (Å²) in [6, 6.07) is -0.876. The smallest absolute Gasteiger partial charge is 0.387 e. The molecule has 0 saturated heterocycles. The van der Waals surface area contributed by atoms with Crippen molar-refractivity contribution in [1.82, 2.24) is 5.32 Å². The summed E-state index contributed by atoms with van der Waals surface area (Å²) >= 11 is 0. The minimum Gasteiger partial charge on any atom is -0.387 e. The lowest BCUT2D eigenvalue weighted by Gasteiger charge is -2.25. The third-order valence-electron chi connectivity index (χ3n) is 8.86. The van der Waals surface area contributed by atoms with E-state index >= 15 is 0 Å². The third kappa shape index (κ3) is 39.6. The highest BCUT2D eigenvalue weighted by atomic mass is 31.2. The Morgan fingerprint density at radius 2 is 1.11 bits per heavy atom. The first-order chi connectivity index (χ1) is 27.0. The van der Waals surface area contributed by atoms with Crippen LogP contribution >= 0.6 is 7.82 Å². The van der Waals surface area contributed by atoms with Crippen molar-refractivity contribution in [3.8, 4) is 0 Å². The summed E-state index contributed by atoms with van der Waals surface area (Å²) in [5.41, 5.74) is 0. The van der Waals surface area contributed by atoms with Crippen LogP contribution in [-0.4, -0.2) is 73.4 Å². The van der Waals surface area contributed by atoms with Gasteiger partial charge in [0.25, 0.3) is 0 Å². The highest BCUT2D eigenvalue weighted by Crippen LogP contribution is 2.43. The number of nitrogens with zero attached hydrogens (tertiary/aromatic N) is 1. The molecule has 0 heterocycles. The maximum absolute atomic E-state index is 12.8. The summed E-state index contributed by atoms with van der Waals surface area (Å²) in [4.78, 5) is 23.0. The first kappa shape index (κ1) is 53.4. The molecule has 56 heavy (non-hydrogen) atoms. The lowest BCUT2D eigenvalue weighted by atomic mass is 10.1. The van der Waals surface area contributed by atoms with Crippen LogP contribution in [0, 0.1) is 0 Å². The lowest BCUT2D eigenvalue weighted by Crippen LogP contribution is -2.45. The zero-order chi connectivity index (χ0) is 41.4. The number of rotatable bonds is 37. The molecule has 0 aliphatic heterocycles. The van der Waals surface area contributed by atoms with Crippen LogP contribution in [0.15, 0.2) is 97.2 Å². The molecule has 0 rings (SSSR count). The van der Waals surface area contributed by atoms with E-state index in [1.807, 2.05) is 40.2 Å². The second kappa shape index (κ2) is 38.0. The number of hydrogen-bond donors (Lipinski definition) is 3. The Morgan fingerprint density at radius 3 is 1.64 bits per heavy atom. The molecule has 0 fully saturated rings. The molecule has 0 aliphatic carbocycles. The van der Waals surface area contributed by atoms with Crippen molar-refractivity contribution in [3.05, 3.63) is 97.2 Å². The highest BCUT2D eigenvalue weighted by molar-refractivity contribution is 7.47. The van der Waals surface area contributed by atoms with Gasteiger partial charge in [0.1, 0.15) is 13.2 Å². The second-order valence-electron chi connectivity index (χ2n) is 15.3. The van der Waals surface area contributed by atoms with Gasteiger partial charge in [0.05, 0.1) is 39.9 Å². The van der Waals surface area contributed by atoms with Crippen LogP contribution in [0.25, 0.3) is 0 Å². The van der Waals surface area contributed by atoms with Gasteiger partial charge in [-0.25, -0.2) is 4.57 Å². The van der Waals surface area contributed by atoms with Crippen molar-refractivity contribution in [2.75, 3.05) is 40.9 Å². The molecular formula is C47H82N2O6P+. The number of aliphatic hydroxyl groups excluding tert-OH is 1. The summed E-state index contributed by atoms with van der Waals surface area (Å²) in [7, 11) is 1.52. The molecule has 0 spiro atoms. The number of hydrogen-bond acceptors (Lipinski definition) is 5.